The highest BCUT2D eigenvalue weighted by molar-refractivity contribution is 9.10. The smallest absolute Gasteiger partial charge is 0.0772 e. The SMILES string of the molecule is CCN(CC1CCC1)c1ccc([C@H](C)O)c(Br)c1. The van der Waals surface area contributed by atoms with Crippen LogP contribution in [0.2, 0.25) is 0 Å². The Morgan fingerprint density at radius 2 is 2.17 bits per heavy atom. The zero-order chi connectivity index (χ0) is 13.1. The Kier molecular flexibility index (Phi) is 4.68. The van der Waals surface area contributed by atoms with Crippen LogP contribution in [0.25, 0.3) is 0 Å². The fourth-order valence-corrected chi connectivity index (χ4v) is 3.15. The van der Waals surface area contributed by atoms with E-state index in [0.29, 0.717) is 0 Å². The Bertz CT molecular complexity index is 401. The standard InChI is InChI=1S/C15H22BrNO/c1-3-17(10-12-5-4-6-12)13-7-8-14(11(2)18)15(16)9-13/h7-9,11-12,18H,3-6,10H2,1-2H3/t11-/m0/s1. The molecule has 2 nitrogen and oxygen atoms in total. The third kappa shape index (κ3) is 3.07. The Balaban J connectivity index is 2.12. The number of anilines is 1. The van der Waals surface area contributed by atoms with E-state index in [1.165, 1.54) is 24.9 Å². The lowest BCUT2D eigenvalue weighted by Gasteiger charge is -2.33. The quantitative estimate of drug-likeness (QED) is 0.884. The predicted molar refractivity (Wildman–Crippen MR) is 80.0 cm³/mol. The molecule has 18 heavy (non-hydrogen) atoms. The molecule has 1 N–H and O–H groups in total. The molecule has 2 rings (SSSR count). The largest absolute Gasteiger partial charge is 0.389 e. The molecule has 0 aromatic heterocycles. The number of benzene rings is 1. The Morgan fingerprint density at radius 3 is 2.61 bits per heavy atom. The van der Waals surface area contributed by atoms with Gasteiger partial charge in [0.15, 0.2) is 0 Å². The summed E-state index contributed by atoms with van der Waals surface area (Å²) in [6, 6.07) is 6.27. The van der Waals surface area contributed by atoms with Crippen LogP contribution in [0, 0.1) is 5.92 Å². The van der Waals surface area contributed by atoms with Crippen molar-refractivity contribution in [2.24, 2.45) is 5.92 Å². The summed E-state index contributed by atoms with van der Waals surface area (Å²) >= 11 is 3.56. The van der Waals surface area contributed by atoms with Crippen molar-refractivity contribution in [3.05, 3.63) is 28.2 Å². The second kappa shape index (κ2) is 6.07. The Morgan fingerprint density at radius 1 is 1.44 bits per heavy atom. The van der Waals surface area contributed by atoms with Gasteiger partial charge in [0.2, 0.25) is 0 Å². The lowest BCUT2D eigenvalue weighted by Crippen LogP contribution is -2.32. The van der Waals surface area contributed by atoms with Crippen molar-refractivity contribution in [1.82, 2.24) is 0 Å². The van der Waals surface area contributed by atoms with Gasteiger partial charge >= 0.3 is 0 Å². The first-order chi connectivity index (χ1) is 8.61. The summed E-state index contributed by atoms with van der Waals surface area (Å²) < 4.78 is 1.00. The minimum atomic E-state index is -0.421. The summed E-state index contributed by atoms with van der Waals surface area (Å²) in [5, 5.41) is 9.64. The highest BCUT2D eigenvalue weighted by atomic mass is 79.9. The highest BCUT2D eigenvalue weighted by Crippen LogP contribution is 2.31. The maximum Gasteiger partial charge on any atom is 0.0772 e. The van der Waals surface area contributed by atoms with Gasteiger partial charge in [-0.3, -0.25) is 0 Å². The van der Waals surface area contributed by atoms with Crippen molar-refractivity contribution in [2.75, 3.05) is 18.0 Å². The second-order valence-corrected chi connectivity index (χ2v) is 6.07. The van der Waals surface area contributed by atoms with E-state index in [1.807, 2.05) is 6.07 Å². The number of hydrogen-bond acceptors (Lipinski definition) is 2. The van der Waals surface area contributed by atoms with Crippen LogP contribution >= 0.6 is 15.9 Å². The zero-order valence-corrected chi connectivity index (χ0v) is 12.8. The molecule has 1 aromatic rings. The zero-order valence-electron chi connectivity index (χ0n) is 11.2. The second-order valence-electron chi connectivity index (χ2n) is 5.22. The molecule has 0 bridgehead atoms. The summed E-state index contributed by atoms with van der Waals surface area (Å²) in [6.45, 7) is 6.20. The third-order valence-corrected chi connectivity index (χ3v) is 4.57. The van der Waals surface area contributed by atoms with Crippen LogP contribution in [-0.2, 0) is 0 Å². The molecule has 0 amide bonds. The van der Waals surface area contributed by atoms with E-state index in [0.717, 1.165) is 29.0 Å². The first-order valence-corrected chi connectivity index (χ1v) is 7.63. The summed E-state index contributed by atoms with van der Waals surface area (Å²) in [6.07, 6.45) is 3.73. The number of hydrogen-bond donors (Lipinski definition) is 1. The number of rotatable bonds is 5. The van der Waals surface area contributed by atoms with Gasteiger partial charge in [0.1, 0.15) is 0 Å². The van der Waals surface area contributed by atoms with Gasteiger partial charge in [-0.25, -0.2) is 0 Å². The highest BCUT2D eigenvalue weighted by Gasteiger charge is 2.20. The van der Waals surface area contributed by atoms with Gasteiger partial charge in [-0.05, 0) is 50.3 Å². The molecule has 1 fully saturated rings. The van der Waals surface area contributed by atoms with Crippen LogP contribution in [0.5, 0.6) is 0 Å². The van der Waals surface area contributed by atoms with Crippen LogP contribution in [-0.4, -0.2) is 18.2 Å². The molecular weight excluding hydrogens is 290 g/mol. The number of nitrogens with zero attached hydrogens (tertiary/aromatic N) is 1. The van der Waals surface area contributed by atoms with Crippen molar-refractivity contribution >= 4 is 21.6 Å². The minimum Gasteiger partial charge on any atom is -0.389 e. The first kappa shape index (κ1) is 13.9. The normalized spacial score (nSPS) is 17.3. The average Bonchev–Trinajstić information content (AvgIpc) is 2.27. The van der Waals surface area contributed by atoms with Gasteiger partial charge in [-0.1, -0.05) is 28.4 Å². The van der Waals surface area contributed by atoms with Crippen molar-refractivity contribution in [1.29, 1.82) is 0 Å². The first-order valence-electron chi connectivity index (χ1n) is 6.84. The molecule has 1 aromatic carbocycles. The lowest BCUT2D eigenvalue weighted by atomic mass is 9.85. The van der Waals surface area contributed by atoms with E-state index in [-0.39, 0.29) is 0 Å². The lowest BCUT2D eigenvalue weighted by molar-refractivity contribution is 0.198. The monoisotopic (exact) mass is 311 g/mol. The molecular formula is C15H22BrNO. The van der Waals surface area contributed by atoms with Gasteiger partial charge in [-0.2, -0.15) is 0 Å². The molecule has 0 radical (unpaired) electrons. The molecule has 0 spiro atoms. The van der Waals surface area contributed by atoms with Gasteiger partial charge in [0, 0.05) is 23.2 Å². The summed E-state index contributed by atoms with van der Waals surface area (Å²) in [5.41, 5.74) is 2.21. The molecule has 0 saturated heterocycles. The van der Waals surface area contributed by atoms with E-state index >= 15 is 0 Å². The molecule has 1 aliphatic rings. The van der Waals surface area contributed by atoms with Crippen molar-refractivity contribution in [3.63, 3.8) is 0 Å². The molecule has 0 unspecified atom stereocenters. The molecule has 0 aliphatic heterocycles. The molecule has 100 valence electrons. The fraction of sp³-hybridized carbons (Fsp3) is 0.600. The maximum absolute atomic E-state index is 9.64. The van der Waals surface area contributed by atoms with Crippen LogP contribution < -0.4 is 4.90 Å². The molecule has 1 atom stereocenters. The van der Waals surface area contributed by atoms with Gasteiger partial charge < -0.3 is 10.0 Å². The van der Waals surface area contributed by atoms with E-state index < -0.39 is 6.10 Å². The minimum absolute atomic E-state index is 0.421. The Hall–Kier alpha value is -0.540. The average molecular weight is 312 g/mol. The number of halogens is 1. The molecule has 1 aliphatic carbocycles. The summed E-state index contributed by atoms with van der Waals surface area (Å²) in [5.74, 6) is 0.875. The van der Waals surface area contributed by atoms with Gasteiger partial charge in [0.05, 0.1) is 6.10 Å². The van der Waals surface area contributed by atoms with Crippen LogP contribution in [0.4, 0.5) is 5.69 Å². The predicted octanol–water partition coefficient (Wildman–Crippen LogP) is 4.13. The van der Waals surface area contributed by atoms with Crippen LogP contribution in [0.1, 0.15) is 44.8 Å². The molecule has 3 heteroatoms. The molecule has 0 heterocycles. The topological polar surface area (TPSA) is 23.5 Å². The van der Waals surface area contributed by atoms with Crippen molar-refractivity contribution in [2.45, 2.75) is 39.2 Å². The summed E-state index contributed by atoms with van der Waals surface area (Å²) in [4.78, 5) is 2.43. The van der Waals surface area contributed by atoms with Crippen molar-refractivity contribution in [3.8, 4) is 0 Å². The maximum atomic E-state index is 9.64. The van der Waals surface area contributed by atoms with E-state index in [1.54, 1.807) is 6.92 Å². The van der Waals surface area contributed by atoms with Gasteiger partial charge in [-0.15, -0.1) is 0 Å². The number of aliphatic hydroxyl groups is 1. The van der Waals surface area contributed by atoms with E-state index in [4.69, 9.17) is 0 Å². The Labute approximate surface area is 118 Å². The summed E-state index contributed by atoms with van der Waals surface area (Å²) in [7, 11) is 0. The molecule has 1 saturated carbocycles. The third-order valence-electron chi connectivity index (χ3n) is 3.88. The van der Waals surface area contributed by atoms with E-state index in [2.05, 4.69) is 39.9 Å². The van der Waals surface area contributed by atoms with Crippen LogP contribution in [0.15, 0.2) is 22.7 Å². The fourth-order valence-electron chi connectivity index (χ4n) is 2.46. The number of aliphatic hydroxyl groups excluding tert-OH is 1. The van der Waals surface area contributed by atoms with E-state index in [9.17, 15) is 5.11 Å². The van der Waals surface area contributed by atoms with Crippen molar-refractivity contribution < 1.29 is 5.11 Å². The van der Waals surface area contributed by atoms with Gasteiger partial charge in [0.25, 0.3) is 0 Å². The van der Waals surface area contributed by atoms with Crippen LogP contribution in [0.3, 0.4) is 0 Å².